The van der Waals surface area contributed by atoms with Crippen LogP contribution in [0.1, 0.15) is 11.5 Å². The molecule has 0 aromatic heterocycles. The zero-order chi connectivity index (χ0) is 14.7. The number of ether oxygens (including phenoxy) is 1. The van der Waals surface area contributed by atoms with E-state index in [1.54, 1.807) is 0 Å². The maximum Gasteiger partial charge on any atom is 0.312 e. The Bertz CT molecular complexity index is 627. The molecule has 2 aromatic rings. The third kappa shape index (κ3) is 2.84. The summed E-state index contributed by atoms with van der Waals surface area (Å²) in [6.07, 6.45) is 0. The van der Waals surface area contributed by atoms with Crippen LogP contribution in [0.2, 0.25) is 0 Å². The number of nitrogens with zero attached hydrogens (tertiary/aromatic N) is 1. The molecule has 1 aliphatic rings. The number of fused-ring (bicyclic) bond motifs is 1. The zero-order valence-corrected chi connectivity index (χ0v) is 11.6. The summed E-state index contributed by atoms with van der Waals surface area (Å²) in [5.41, 5.74) is 1.89. The number of para-hydroxylation sites is 2. The molecular weight excluding hydrogens is 266 g/mol. The molecule has 0 fully saturated rings. The minimum absolute atomic E-state index is 0.446. The number of carbonyl (C=O) groups is 1. The van der Waals surface area contributed by atoms with Gasteiger partial charge in [-0.1, -0.05) is 36.4 Å². The van der Waals surface area contributed by atoms with Crippen molar-refractivity contribution < 1.29 is 14.6 Å². The van der Waals surface area contributed by atoms with Crippen LogP contribution < -0.4 is 9.64 Å². The summed E-state index contributed by atoms with van der Waals surface area (Å²) in [6.45, 7) is 1.72. The average molecular weight is 283 g/mol. The fourth-order valence-electron chi connectivity index (χ4n) is 2.70. The largest absolute Gasteiger partial charge is 0.492 e. The minimum Gasteiger partial charge on any atom is -0.492 e. The molecule has 1 unspecified atom stereocenters. The standard InChI is InChI=1S/C17H17NO3/c19-17(20)15-12-18(16-9-5-4-8-14(15)16)10-11-21-13-6-2-1-3-7-13/h1-9,15H,10-12H2,(H,19,20). The summed E-state index contributed by atoms with van der Waals surface area (Å²) >= 11 is 0. The maximum atomic E-state index is 11.3. The Morgan fingerprint density at radius 1 is 1.14 bits per heavy atom. The molecule has 1 atom stereocenters. The van der Waals surface area contributed by atoms with E-state index < -0.39 is 11.9 Å². The van der Waals surface area contributed by atoms with Crippen molar-refractivity contribution in [1.29, 1.82) is 0 Å². The Morgan fingerprint density at radius 3 is 2.62 bits per heavy atom. The lowest BCUT2D eigenvalue weighted by molar-refractivity contribution is -0.138. The van der Waals surface area contributed by atoms with E-state index >= 15 is 0 Å². The van der Waals surface area contributed by atoms with Crippen molar-refractivity contribution in [3.63, 3.8) is 0 Å². The normalized spacial score (nSPS) is 16.6. The van der Waals surface area contributed by atoms with Crippen LogP contribution in [0.3, 0.4) is 0 Å². The second kappa shape index (κ2) is 5.87. The molecule has 0 saturated heterocycles. The van der Waals surface area contributed by atoms with Crippen LogP contribution in [-0.2, 0) is 4.79 Å². The first-order valence-corrected chi connectivity index (χ1v) is 7.00. The van der Waals surface area contributed by atoms with Gasteiger partial charge in [0.1, 0.15) is 18.3 Å². The van der Waals surface area contributed by atoms with E-state index in [2.05, 4.69) is 4.90 Å². The first-order valence-electron chi connectivity index (χ1n) is 7.00. The lowest BCUT2D eigenvalue weighted by atomic mass is 10.0. The van der Waals surface area contributed by atoms with Gasteiger partial charge in [-0.2, -0.15) is 0 Å². The summed E-state index contributed by atoms with van der Waals surface area (Å²) in [4.78, 5) is 13.4. The second-order valence-electron chi connectivity index (χ2n) is 5.06. The van der Waals surface area contributed by atoms with Crippen LogP contribution in [0.5, 0.6) is 5.75 Å². The van der Waals surface area contributed by atoms with Crippen molar-refractivity contribution in [1.82, 2.24) is 0 Å². The molecule has 0 amide bonds. The van der Waals surface area contributed by atoms with E-state index in [1.165, 1.54) is 0 Å². The van der Waals surface area contributed by atoms with Crippen LogP contribution in [0, 0.1) is 0 Å². The number of hydrogen-bond acceptors (Lipinski definition) is 3. The second-order valence-corrected chi connectivity index (χ2v) is 5.06. The number of carboxylic acids is 1. The van der Waals surface area contributed by atoms with Crippen molar-refractivity contribution in [2.45, 2.75) is 5.92 Å². The highest BCUT2D eigenvalue weighted by Crippen LogP contribution is 2.35. The first kappa shape index (κ1) is 13.5. The number of rotatable bonds is 5. The fourth-order valence-corrected chi connectivity index (χ4v) is 2.70. The predicted octanol–water partition coefficient (Wildman–Crippen LogP) is 2.75. The summed E-state index contributed by atoms with van der Waals surface area (Å²) in [5, 5.41) is 9.32. The van der Waals surface area contributed by atoms with Crippen molar-refractivity contribution in [3.05, 3.63) is 60.2 Å². The van der Waals surface area contributed by atoms with Gasteiger partial charge in [-0.3, -0.25) is 4.79 Å². The highest BCUT2D eigenvalue weighted by molar-refractivity contribution is 5.82. The number of carboxylic acid groups (broad SMARTS) is 1. The number of anilines is 1. The monoisotopic (exact) mass is 283 g/mol. The SMILES string of the molecule is O=C(O)C1CN(CCOc2ccccc2)c2ccccc21. The van der Waals surface area contributed by atoms with Crippen molar-refractivity contribution in [2.24, 2.45) is 0 Å². The van der Waals surface area contributed by atoms with Gasteiger partial charge in [0, 0.05) is 12.2 Å². The predicted molar refractivity (Wildman–Crippen MR) is 81.0 cm³/mol. The number of aliphatic carboxylic acids is 1. The van der Waals surface area contributed by atoms with Gasteiger partial charge in [-0.25, -0.2) is 0 Å². The summed E-state index contributed by atoms with van der Waals surface area (Å²) in [7, 11) is 0. The van der Waals surface area contributed by atoms with Gasteiger partial charge in [0.25, 0.3) is 0 Å². The number of hydrogen-bond donors (Lipinski definition) is 1. The fraction of sp³-hybridized carbons (Fsp3) is 0.235. The van der Waals surface area contributed by atoms with E-state index in [1.807, 2.05) is 54.6 Å². The van der Waals surface area contributed by atoms with E-state index in [4.69, 9.17) is 4.74 Å². The van der Waals surface area contributed by atoms with E-state index in [-0.39, 0.29) is 0 Å². The molecule has 21 heavy (non-hydrogen) atoms. The van der Waals surface area contributed by atoms with Gasteiger partial charge < -0.3 is 14.7 Å². The Labute approximate surface area is 123 Å². The molecular formula is C17H17NO3. The molecule has 1 N–H and O–H groups in total. The lowest BCUT2D eigenvalue weighted by Gasteiger charge is -2.19. The van der Waals surface area contributed by atoms with Gasteiger partial charge in [0.2, 0.25) is 0 Å². The summed E-state index contributed by atoms with van der Waals surface area (Å²) < 4.78 is 5.69. The molecule has 3 rings (SSSR count). The van der Waals surface area contributed by atoms with Gasteiger partial charge in [-0.15, -0.1) is 0 Å². The van der Waals surface area contributed by atoms with E-state index in [0.717, 1.165) is 17.0 Å². The molecule has 108 valence electrons. The van der Waals surface area contributed by atoms with Gasteiger partial charge >= 0.3 is 5.97 Å². The smallest absolute Gasteiger partial charge is 0.312 e. The molecule has 4 nitrogen and oxygen atoms in total. The van der Waals surface area contributed by atoms with Crippen molar-refractivity contribution >= 4 is 11.7 Å². The Balaban J connectivity index is 1.66. The highest BCUT2D eigenvalue weighted by atomic mass is 16.5. The maximum absolute atomic E-state index is 11.3. The minimum atomic E-state index is -0.770. The van der Waals surface area contributed by atoms with Crippen molar-refractivity contribution in [3.8, 4) is 5.75 Å². The third-order valence-electron chi connectivity index (χ3n) is 3.73. The Morgan fingerprint density at radius 2 is 1.86 bits per heavy atom. The van der Waals surface area contributed by atoms with Crippen LogP contribution in [0.4, 0.5) is 5.69 Å². The van der Waals surface area contributed by atoms with Crippen LogP contribution in [0.25, 0.3) is 0 Å². The molecule has 1 aliphatic heterocycles. The average Bonchev–Trinajstić information content (AvgIpc) is 2.88. The summed E-state index contributed by atoms with van der Waals surface area (Å²) in [6, 6.07) is 17.3. The van der Waals surface area contributed by atoms with Crippen molar-refractivity contribution in [2.75, 3.05) is 24.6 Å². The molecule has 0 bridgehead atoms. The summed E-state index contributed by atoms with van der Waals surface area (Å²) in [5.74, 6) is -0.383. The quantitative estimate of drug-likeness (QED) is 0.916. The van der Waals surface area contributed by atoms with Gasteiger partial charge in [0.05, 0.1) is 6.54 Å². The number of benzene rings is 2. The lowest BCUT2D eigenvalue weighted by Crippen LogP contribution is -2.28. The molecule has 2 aromatic carbocycles. The molecule has 0 saturated carbocycles. The molecule has 0 radical (unpaired) electrons. The van der Waals surface area contributed by atoms with Crippen LogP contribution >= 0.6 is 0 Å². The molecule has 0 aliphatic carbocycles. The first-order chi connectivity index (χ1) is 10.3. The molecule has 4 heteroatoms. The van der Waals surface area contributed by atoms with E-state index in [0.29, 0.717) is 19.7 Å². The van der Waals surface area contributed by atoms with Gasteiger partial charge in [-0.05, 0) is 23.8 Å². The van der Waals surface area contributed by atoms with Gasteiger partial charge in [0.15, 0.2) is 0 Å². The highest BCUT2D eigenvalue weighted by Gasteiger charge is 2.32. The Kier molecular flexibility index (Phi) is 3.77. The topological polar surface area (TPSA) is 49.8 Å². The third-order valence-corrected chi connectivity index (χ3v) is 3.73. The van der Waals surface area contributed by atoms with E-state index in [9.17, 15) is 9.90 Å². The zero-order valence-electron chi connectivity index (χ0n) is 11.6. The molecule has 0 spiro atoms. The Hall–Kier alpha value is -2.49. The molecule has 1 heterocycles. The van der Waals surface area contributed by atoms with Crippen LogP contribution in [-0.4, -0.2) is 30.8 Å². The van der Waals surface area contributed by atoms with Crippen LogP contribution in [0.15, 0.2) is 54.6 Å².